The molecule has 12 rings (SSSR count). The molecule has 0 N–H and O–H groups in total. The van der Waals surface area contributed by atoms with Gasteiger partial charge in [-0.15, -0.1) is 0 Å². The molecule has 0 aromatic carbocycles. The molecule has 332 valence electrons. The third kappa shape index (κ3) is 7.98. The molecule has 2 heterocycles. The molecule has 0 radical (unpaired) electrons. The molecule has 10 aliphatic carbocycles. The number of thioether (sulfide) groups is 2. The summed E-state index contributed by atoms with van der Waals surface area (Å²) in [5.74, 6) is 15.3. The van der Waals surface area contributed by atoms with Crippen LogP contribution in [0.4, 0.5) is 0 Å². The molecule has 2 saturated heterocycles. The molecule has 3 heteroatoms. The van der Waals surface area contributed by atoms with E-state index in [1.165, 1.54) is 25.7 Å². The zero-order valence-electron chi connectivity index (χ0n) is 38.1. The maximum Gasteiger partial charge on any atom is 0.0123 e. The summed E-state index contributed by atoms with van der Waals surface area (Å²) in [7, 11) is 0. The highest BCUT2D eigenvalue weighted by atomic mass is 32.2. The quantitative estimate of drug-likeness (QED) is 0.262. The van der Waals surface area contributed by atoms with Crippen LogP contribution in [0, 0.1) is 82.9 Å². The predicted molar refractivity (Wildman–Crippen MR) is 254 cm³/mol. The van der Waals surface area contributed by atoms with Gasteiger partial charge in [-0.3, -0.25) is 4.90 Å². The molecular formula is C56H91NS2. The van der Waals surface area contributed by atoms with Crippen molar-refractivity contribution in [1.82, 2.24) is 4.90 Å². The largest absolute Gasteiger partial charge is 0.294 e. The van der Waals surface area contributed by atoms with Crippen molar-refractivity contribution in [1.29, 1.82) is 0 Å². The van der Waals surface area contributed by atoms with E-state index in [1.807, 2.05) is 0 Å². The van der Waals surface area contributed by atoms with E-state index < -0.39 is 0 Å². The molecule has 0 aromatic rings. The van der Waals surface area contributed by atoms with Crippen molar-refractivity contribution in [3.8, 4) is 0 Å². The van der Waals surface area contributed by atoms with Gasteiger partial charge in [-0.25, -0.2) is 0 Å². The van der Waals surface area contributed by atoms with Gasteiger partial charge in [-0.1, -0.05) is 83.5 Å². The summed E-state index contributed by atoms with van der Waals surface area (Å²) in [6, 6.07) is 2.77. The summed E-state index contributed by atoms with van der Waals surface area (Å²) in [6.45, 7) is 0. The van der Waals surface area contributed by atoms with E-state index in [4.69, 9.17) is 0 Å². The molecule has 16 unspecified atom stereocenters. The number of nitrogens with zero attached hydrogens (tertiary/aromatic N) is 1. The zero-order valence-corrected chi connectivity index (χ0v) is 39.8. The van der Waals surface area contributed by atoms with Crippen LogP contribution >= 0.6 is 23.5 Å². The van der Waals surface area contributed by atoms with Crippen molar-refractivity contribution >= 4 is 23.5 Å². The van der Waals surface area contributed by atoms with E-state index >= 15 is 0 Å². The van der Waals surface area contributed by atoms with Crippen LogP contribution < -0.4 is 0 Å². The van der Waals surface area contributed by atoms with E-state index in [0.717, 1.165) is 122 Å². The lowest BCUT2D eigenvalue weighted by molar-refractivity contribution is -0.0358. The second-order valence-electron chi connectivity index (χ2n) is 25.1. The Morgan fingerprint density at radius 3 is 1.58 bits per heavy atom. The van der Waals surface area contributed by atoms with Crippen molar-refractivity contribution in [3.63, 3.8) is 0 Å². The molecule has 0 amide bonds. The van der Waals surface area contributed by atoms with Crippen LogP contribution in [0.25, 0.3) is 0 Å². The monoisotopic (exact) mass is 842 g/mol. The lowest BCUT2D eigenvalue weighted by Gasteiger charge is -2.54. The minimum Gasteiger partial charge on any atom is -0.294 e. The standard InChI is InChI=1S/C56H91NS2/c1-2-10-36(11-3-1)37-22-27-43(28-23-37)57(44-29-25-40(26-30-44)47-16-8-13-39-12-4-5-14-46(39)47)45-31-24-38-20-21-41(34-42(38)35-45)48-17-9-18-49-50-32-33-53-54(56(50)59-55(48)49)51-15-6-7-19-52(51)58-53/h36-56H,1-35H2. The highest BCUT2D eigenvalue weighted by Crippen LogP contribution is 2.66. The van der Waals surface area contributed by atoms with Gasteiger partial charge in [-0.2, -0.15) is 23.5 Å². The summed E-state index contributed by atoms with van der Waals surface area (Å²) < 4.78 is 0. The van der Waals surface area contributed by atoms with Gasteiger partial charge in [-0.05, 0) is 224 Å². The Morgan fingerprint density at radius 2 is 0.763 bits per heavy atom. The average molecular weight is 842 g/mol. The molecular weight excluding hydrogens is 751 g/mol. The van der Waals surface area contributed by atoms with Crippen molar-refractivity contribution < 1.29 is 0 Å². The highest BCUT2D eigenvalue weighted by molar-refractivity contribution is 8.02. The van der Waals surface area contributed by atoms with Gasteiger partial charge in [0.1, 0.15) is 0 Å². The molecule has 59 heavy (non-hydrogen) atoms. The Kier molecular flexibility index (Phi) is 12.6. The number of hydrogen-bond acceptors (Lipinski definition) is 3. The zero-order chi connectivity index (χ0) is 38.9. The van der Waals surface area contributed by atoms with Gasteiger partial charge >= 0.3 is 0 Å². The summed E-state index contributed by atoms with van der Waals surface area (Å²) in [5, 5.41) is 4.19. The van der Waals surface area contributed by atoms with Crippen LogP contribution in [0.5, 0.6) is 0 Å². The SMILES string of the molecule is C1CCC(C2CCC(N(C3CCC(C4CCCC5CCCCC54)CC3)C3CCC4CCC(C5CCCC6C7CCC8SC9CCCCC9C8C7SC56)CC4C3)CC2)CC1. The average Bonchev–Trinajstić information content (AvgIpc) is 3.88. The first-order valence-corrected chi connectivity index (χ1v) is 30.2. The van der Waals surface area contributed by atoms with Gasteiger partial charge in [0.2, 0.25) is 0 Å². The molecule has 1 nitrogen and oxygen atoms in total. The molecule has 12 fully saturated rings. The lowest BCUT2D eigenvalue weighted by Crippen LogP contribution is -2.54. The van der Waals surface area contributed by atoms with Crippen LogP contribution in [0.3, 0.4) is 0 Å². The van der Waals surface area contributed by atoms with Crippen LogP contribution in [0.1, 0.15) is 225 Å². The normalized spacial score (nSPS) is 53.0. The first-order valence-electron chi connectivity index (χ1n) is 28.3. The van der Waals surface area contributed by atoms with Gasteiger partial charge < -0.3 is 0 Å². The second-order valence-corrected chi connectivity index (χ2v) is 28.0. The van der Waals surface area contributed by atoms with Crippen molar-refractivity contribution in [2.75, 3.05) is 0 Å². The van der Waals surface area contributed by atoms with Crippen LogP contribution in [0.2, 0.25) is 0 Å². The van der Waals surface area contributed by atoms with Gasteiger partial charge in [0.25, 0.3) is 0 Å². The third-order valence-electron chi connectivity index (χ3n) is 22.9. The molecule has 12 aliphatic rings. The van der Waals surface area contributed by atoms with Crippen LogP contribution in [-0.2, 0) is 0 Å². The lowest BCUT2D eigenvalue weighted by atomic mass is 9.59. The van der Waals surface area contributed by atoms with Crippen molar-refractivity contribution in [2.24, 2.45) is 82.9 Å². The molecule has 0 bridgehead atoms. The molecule has 16 atom stereocenters. The highest BCUT2D eigenvalue weighted by Gasteiger charge is 2.60. The van der Waals surface area contributed by atoms with E-state index in [1.54, 1.807) is 199 Å². The van der Waals surface area contributed by atoms with E-state index in [2.05, 4.69) is 28.4 Å². The Hall–Kier alpha value is 0.660. The Morgan fingerprint density at radius 1 is 0.254 bits per heavy atom. The third-order valence-corrected chi connectivity index (χ3v) is 26.8. The van der Waals surface area contributed by atoms with Crippen LogP contribution in [-0.4, -0.2) is 44.0 Å². The maximum atomic E-state index is 3.43. The second kappa shape index (κ2) is 18.1. The first-order chi connectivity index (χ1) is 29.2. The maximum absolute atomic E-state index is 3.43. The topological polar surface area (TPSA) is 3.24 Å². The van der Waals surface area contributed by atoms with Gasteiger partial charge in [0.05, 0.1) is 0 Å². The molecule has 2 aliphatic heterocycles. The Balaban J connectivity index is 0.733. The van der Waals surface area contributed by atoms with E-state index in [0.29, 0.717) is 0 Å². The number of rotatable bonds is 6. The summed E-state index contributed by atoms with van der Waals surface area (Å²) in [5.41, 5.74) is 0. The van der Waals surface area contributed by atoms with E-state index in [-0.39, 0.29) is 0 Å². The van der Waals surface area contributed by atoms with Crippen molar-refractivity contribution in [3.05, 3.63) is 0 Å². The Labute approximate surface area is 373 Å². The smallest absolute Gasteiger partial charge is 0.0123 e. The molecule has 0 spiro atoms. The van der Waals surface area contributed by atoms with Gasteiger partial charge in [0, 0.05) is 39.1 Å². The van der Waals surface area contributed by atoms with Gasteiger partial charge in [0.15, 0.2) is 0 Å². The van der Waals surface area contributed by atoms with Crippen LogP contribution in [0.15, 0.2) is 0 Å². The first kappa shape index (κ1) is 41.1. The molecule has 10 saturated carbocycles. The predicted octanol–water partition coefficient (Wildman–Crippen LogP) is 15.8. The Bertz CT molecular complexity index is 1370. The summed E-state index contributed by atoms with van der Waals surface area (Å²) in [4.78, 5) is 3.43. The number of fused-ring (bicyclic) bond motifs is 9. The fourth-order valence-corrected chi connectivity index (χ4v) is 25.2. The minimum absolute atomic E-state index is 0.924. The van der Waals surface area contributed by atoms with Crippen molar-refractivity contribution in [2.45, 2.75) is 264 Å². The van der Waals surface area contributed by atoms with E-state index in [9.17, 15) is 0 Å². The minimum atomic E-state index is 0.924. The summed E-state index contributed by atoms with van der Waals surface area (Å²) >= 11 is 5.21. The fourth-order valence-electron chi connectivity index (χ4n) is 20.4. The molecule has 0 aromatic heterocycles. The fraction of sp³-hybridized carbons (Fsp3) is 1.00. The summed E-state index contributed by atoms with van der Waals surface area (Å²) in [6.07, 6.45) is 55.3. The number of hydrogen-bond donors (Lipinski definition) is 0.